The quantitative estimate of drug-likeness (QED) is 0.754. The third-order valence-electron chi connectivity index (χ3n) is 3.10. The van der Waals surface area contributed by atoms with Crippen LogP contribution in [0.2, 0.25) is 0 Å². The van der Waals surface area contributed by atoms with Gasteiger partial charge >= 0.3 is 5.97 Å². The zero-order valence-electron chi connectivity index (χ0n) is 12.6. The number of hydrogen-bond acceptors (Lipinski definition) is 5. The molecule has 0 aliphatic heterocycles. The molecule has 1 heterocycles. The number of ether oxygens (including phenoxy) is 2. The van der Waals surface area contributed by atoms with Gasteiger partial charge in [-0.1, -0.05) is 12.1 Å². The second-order valence-corrected chi connectivity index (χ2v) is 4.65. The Morgan fingerprint density at radius 3 is 2.86 bits per heavy atom. The predicted molar refractivity (Wildman–Crippen MR) is 80.9 cm³/mol. The SMILES string of the molecule is CCOC(=O)Cn1nccc(Cc2cccc(OC)c2)c1=O. The summed E-state index contributed by atoms with van der Waals surface area (Å²) in [6.45, 7) is 1.81. The van der Waals surface area contributed by atoms with Gasteiger partial charge in [-0.3, -0.25) is 9.59 Å². The minimum atomic E-state index is -0.476. The highest BCUT2D eigenvalue weighted by molar-refractivity contribution is 5.68. The molecule has 0 aliphatic carbocycles. The molecule has 116 valence electrons. The summed E-state index contributed by atoms with van der Waals surface area (Å²) in [6, 6.07) is 9.15. The topological polar surface area (TPSA) is 70.4 Å². The van der Waals surface area contributed by atoms with E-state index in [4.69, 9.17) is 9.47 Å². The summed E-state index contributed by atoms with van der Waals surface area (Å²) < 4.78 is 11.1. The van der Waals surface area contributed by atoms with Gasteiger partial charge in [0.1, 0.15) is 12.3 Å². The van der Waals surface area contributed by atoms with E-state index >= 15 is 0 Å². The van der Waals surface area contributed by atoms with Gasteiger partial charge < -0.3 is 9.47 Å². The number of aromatic nitrogens is 2. The highest BCUT2D eigenvalue weighted by atomic mass is 16.5. The molecule has 0 aliphatic rings. The first-order valence-electron chi connectivity index (χ1n) is 6.97. The Labute approximate surface area is 128 Å². The van der Waals surface area contributed by atoms with Crippen molar-refractivity contribution in [1.82, 2.24) is 9.78 Å². The van der Waals surface area contributed by atoms with Crippen LogP contribution in [0.5, 0.6) is 5.75 Å². The van der Waals surface area contributed by atoms with Crippen molar-refractivity contribution >= 4 is 5.97 Å². The molecule has 2 aromatic rings. The van der Waals surface area contributed by atoms with E-state index in [1.54, 1.807) is 20.1 Å². The fourth-order valence-electron chi connectivity index (χ4n) is 2.07. The van der Waals surface area contributed by atoms with Crippen molar-refractivity contribution in [3.05, 3.63) is 58.0 Å². The lowest BCUT2D eigenvalue weighted by Gasteiger charge is -2.07. The Balaban J connectivity index is 2.21. The van der Waals surface area contributed by atoms with Crippen LogP contribution in [0.3, 0.4) is 0 Å². The number of nitrogens with zero attached hydrogens (tertiary/aromatic N) is 2. The normalized spacial score (nSPS) is 10.3. The second kappa shape index (κ2) is 7.40. The third kappa shape index (κ3) is 3.94. The summed E-state index contributed by atoms with van der Waals surface area (Å²) in [4.78, 5) is 23.8. The van der Waals surface area contributed by atoms with Gasteiger partial charge in [-0.25, -0.2) is 4.68 Å². The molecule has 6 nitrogen and oxygen atoms in total. The van der Waals surface area contributed by atoms with Gasteiger partial charge in [-0.15, -0.1) is 0 Å². The molecule has 0 bridgehead atoms. The summed E-state index contributed by atoms with van der Waals surface area (Å²) in [5, 5.41) is 3.92. The molecule has 2 rings (SSSR count). The lowest BCUT2D eigenvalue weighted by molar-refractivity contribution is -0.144. The van der Waals surface area contributed by atoms with Crippen LogP contribution in [0, 0.1) is 0 Å². The summed E-state index contributed by atoms with van der Waals surface area (Å²) in [6.07, 6.45) is 1.96. The number of methoxy groups -OCH3 is 1. The number of carbonyl (C=O) groups excluding carboxylic acids is 1. The molecular formula is C16H18N2O4. The number of carbonyl (C=O) groups is 1. The van der Waals surface area contributed by atoms with Crippen LogP contribution in [0.25, 0.3) is 0 Å². The number of hydrogen-bond donors (Lipinski definition) is 0. The van der Waals surface area contributed by atoms with Gasteiger partial charge in [0, 0.05) is 18.2 Å². The van der Waals surface area contributed by atoms with Crippen molar-refractivity contribution < 1.29 is 14.3 Å². The van der Waals surface area contributed by atoms with Crippen LogP contribution in [-0.4, -0.2) is 29.5 Å². The predicted octanol–water partition coefficient (Wildman–Crippen LogP) is 1.41. The minimum Gasteiger partial charge on any atom is -0.497 e. The molecular weight excluding hydrogens is 284 g/mol. The van der Waals surface area contributed by atoms with Gasteiger partial charge in [0.2, 0.25) is 0 Å². The molecule has 0 unspecified atom stereocenters. The van der Waals surface area contributed by atoms with Crippen molar-refractivity contribution in [2.75, 3.05) is 13.7 Å². The number of esters is 1. The van der Waals surface area contributed by atoms with Crippen molar-refractivity contribution in [3.8, 4) is 5.75 Å². The summed E-state index contributed by atoms with van der Waals surface area (Å²) >= 11 is 0. The van der Waals surface area contributed by atoms with Crippen LogP contribution in [0.4, 0.5) is 0 Å². The maximum absolute atomic E-state index is 12.3. The average Bonchev–Trinajstić information content (AvgIpc) is 2.52. The Morgan fingerprint density at radius 2 is 2.14 bits per heavy atom. The Bertz CT molecular complexity index is 709. The molecule has 6 heteroatoms. The molecule has 0 amide bonds. The van der Waals surface area contributed by atoms with E-state index in [-0.39, 0.29) is 18.7 Å². The van der Waals surface area contributed by atoms with Crippen molar-refractivity contribution in [2.24, 2.45) is 0 Å². The lowest BCUT2D eigenvalue weighted by Crippen LogP contribution is -2.29. The highest BCUT2D eigenvalue weighted by Crippen LogP contribution is 2.14. The van der Waals surface area contributed by atoms with Crippen LogP contribution in [-0.2, 0) is 22.5 Å². The number of rotatable bonds is 6. The second-order valence-electron chi connectivity index (χ2n) is 4.65. The van der Waals surface area contributed by atoms with E-state index < -0.39 is 5.97 Å². The smallest absolute Gasteiger partial charge is 0.327 e. The molecule has 1 aromatic carbocycles. The van der Waals surface area contributed by atoms with Crippen molar-refractivity contribution in [3.63, 3.8) is 0 Å². The van der Waals surface area contributed by atoms with E-state index in [2.05, 4.69) is 5.10 Å². The van der Waals surface area contributed by atoms with Gasteiger partial charge in [0.25, 0.3) is 5.56 Å². The van der Waals surface area contributed by atoms with Crippen LogP contribution in [0.1, 0.15) is 18.1 Å². The number of benzene rings is 1. The first-order valence-corrected chi connectivity index (χ1v) is 6.97. The fourth-order valence-corrected chi connectivity index (χ4v) is 2.07. The molecule has 0 N–H and O–H groups in total. The Morgan fingerprint density at radius 1 is 1.32 bits per heavy atom. The van der Waals surface area contributed by atoms with Crippen LogP contribution in [0.15, 0.2) is 41.3 Å². The minimum absolute atomic E-state index is 0.182. The zero-order chi connectivity index (χ0) is 15.9. The zero-order valence-corrected chi connectivity index (χ0v) is 12.6. The van der Waals surface area contributed by atoms with Crippen LogP contribution >= 0.6 is 0 Å². The maximum atomic E-state index is 12.3. The standard InChI is InChI=1S/C16H18N2O4/c1-3-22-15(19)11-18-16(20)13(7-8-17-18)9-12-5-4-6-14(10-12)21-2/h4-8,10H,3,9,11H2,1-2H3. The summed E-state index contributed by atoms with van der Waals surface area (Å²) in [7, 11) is 1.60. The van der Waals surface area contributed by atoms with E-state index in [0.717, 1.165) is 16.0 Å². The molecule has 0 atom stereocenters. The average molecular weight is 302 g/mol. The molecule has 22 heavy (non-hydrogen) atoms. The van der Waals surface area contributed by atoms with E-state index in [1.807, 2.05) is 24.3 Å². The molecule has 1 aromatic heterocycles. The monoisotopic (exact) mass is 302 g/mol. The van der Waals surface area contributed by atoms with Gasteiger partial charge in [0.05, 0.1) is 13.7 Å². The Kier molecular flexibility index (Phi) is 5.30. The van der Waals surface area contributed by atoms with Crippen molar-refractivity contribution in [2.45, 2.75) is 19.9 Å². The largest absolute Gasteiger partial charge is 0.497 e. The van der Waals surface area contributed by atoms with E-state index in [0.29, 0.717) is 12.0 Å². The maximum Gasteiger partial charge on any atom is 0.327 e. The highest BCUT2D eigenvalue weighted by Gasteiger charge is 2.10. The summed E-state index contributed by atoms with van der Waals surface area (Å²) in [5.41, 5.74) is 1.22. The molecule has 0 fully saturated rings. The molecule has 0 spiro atoms. The van der Waals surface area contributed by atoms with E-state index in [9.17, 15) is 9.59 Å². The van der Waals surface area contributed by atoms with Gasteiger partial charge in [-0.2, -0.15) is 5.10 Å². The summed E-state index contributed by atoms with van der Waals surface area (Å²) in [5.74, 6) is 0.258. The van der Waals surface area contributed by atoms with Gasteiger partial charge in [0.15, 0.2) is 0 Å². The third-order valence-corrected chi connectivity index (χ3v) is 3.10. The molecule has 0 saturated carbocycles. The van der Waals surface area contributed by atoms with Gasteiger partial charge in [-0.05, 0) is 30.7 Å². The fraction of sp³-hybridized carbons (Fsp3) is 0.312. The first kappa shape index (κ1) is 15.8. The molecule has 0 radical (unpaired) electrons. The lowest BCUT2D eigenvalue weighted by atomic mass is 10.1. The first-order chi connectivity index (χ1) is 10.6. The van der Waals surface area contributed by atoms with Crippen LogP contribution < -0.4 is 10.3 Å². The Hall–Kier alpha value is -2.63. The van der Waals surface area contributed by atoms with Crippen molar-refractivity contribution in [1.29, 1.82) is 0 Å². The molecule has 0 saturated heterocycles. The van der Waals surface area contributed by atoms with E-state index in [1.165, 1.54) is 6.20 Å².